The molecule has 144 heavy (non-hydrogen) atoms. The maximum absolute atomic E-state index is 6.72. The van der Waals surface area contributed by atoms with Crippen LogP contribution in [0.3, 0.4) is 0 Å². The molecule has 0 radical (unpaired) electrons. The number of aromatic nitrogens is 8. The Balaban J connectivity index is 0.000000131. The molecule has 0 atom stereocenters. The number of hydrogen-bond acceptors (Lipinski definition) is 12. The normalized spacial score (nSPS) is 12.5. The minimum Gasteiger partial charge on any atom is -0.399 e. The van der Waals surface area contributed by atoms with E-state index in [1.54, 1.807) is 11.3 Å². The summed E-state index contributed by atoms with van der Waals surface area (Å²) in [6.07, 6.45) is 0. The van der Waals surface area contributed by atoms with Gasteiger partial charge in [-0.3, -0.25) is 0 Å². The fraction of sp³-hybridized carbons (Fsp3) is 0.0462. The lowest BCUT2D eigenvalue weighted by Crippen LogP contribution is -2.41. The minimum atomic E-state index is -0.499. The summed E-state index contributed by atoms with van der Waals surface area (Å²) in [4.78, 5) is 40.4. The number of thiophene rings is 2. The van der Waals surface area contributed by atoms with Crippen molar-refractivity contribution in [3.63, 3.8) is 0 Å². The van der Waals surface area contributed by atoms with Crippen molar-refractivity contribution < 1.29 is 9.31 Å². The van der Waals surface area contributed by atoms with Crippen LogP contribution >= 0.6 is 38.6 Å². The third-order valence-electron chi connectivity index (χ3n) is 26.9. The van der Waals surface area contributed by atoms with E-state index in [-0.39, 0.29) is 0 Å². The highest BCUT2D eigenvalue weighted by Crippen LogP contribution is 2.48. The van der Waals surface area contributed by atoms with Gasteiger partial charge in [0.2, 0.25) is 0 Å². The van der Waals surface area contributed by atoms with Crippen LogP contribution < -0.4 is 5.46 Å². The molecule has 10 nitrogen and oxygen atoms in total. The van der Waals surface area contributed by atoms with Gasteiger partial charge < -0.3 is 9.31 Å². The average Bonchev–Trinajstić information content (AvgIpc) is 1.57. The van der Waals surface area contributed by atoms with E-state index in [9.17, 15) is 0 Å². The second kappa shape index (κ2) is 40.1. The van der Waals surface area contributed by atoms with E-state index in [2.05, 4.69) is 402 Å². The second-order valence-electron chi connectivity index (χ2n) is 36.7. The maximum Gasteiger partial charge on any atom is 0.496 e. The van der Waals surface area contributed by atoms with Gasteiger partial charge in [-0.25, -0.2) is 39.9 Å². The summed E-state index contributed by atoms with van der Waals surface area (Å²) >= 11 is 7.15. The van der Waals surface area contributed by atoms with Gasteiger partial charge in [-0.15, -0.1) is 22.7 Å². The predicted molar refractivity (Wildman–Crippen MR) is 603 cm³/mol. The Labute approximate surface area is 853 Å². The van der Waals surface area contributed by atoms with E-state index in [1.807, 2.05) is 139 Å². The van der Waals surface area contributed by atoms with Crippen molar-refractivity contribution in [1.82, 2.24) is 39.9 Å². The molecule has 0 saturated carbocycles. The molecule has 7 heterocycles. The van der Waals surface area contributed by atoms with E-state index in [1.165, 1.54) is 51.5 Å². The van der Waals surface area contributed by atoms with Crippen molar-refractivity contribution in [2.75, 3.05) is 0 Å². The molecule has 1 fully saturated rings. The molecule has 686 valence electrons. The lowest BCUT2D eigenvalue weighted by atomic mass is 9.73. The highest BCUT2D eigenvalue weighted by molar-refractivity contribution is 9.10. The summed E-state index contributed by atoms with van der Waals surface area (Å²) in [6, 6.07) is 169. The number of fused-ring (bicyclic) bond motifs is 6. The van der Waals surface area contributed by atoms with Gasteiger partial charge in [-0.1, -0.05) is 441 Å². The molecule has 6 aromatic heterocycles. The summed E-state index contributed by atoms with van der Waals surface area (Å²) in [5.74, 6) is 2.82. The molecule has 1 aliphatic heterocycles. The van der Waals surface area contributed by atoms with Gasteiger partial charge in [0.05, 0.1) is 56.8 Å². The first-order valence-corrected chi connectivity index (χ1v) is 50.7. The van der Waals surface area contributed by atoms with Gasteiger partial charge in [0.1, 0.15) is 0 Å². The Bertz CT molecular complexity index is 8650. The van der Waals surface area contributed by atoms with E-state index < -0.39 is 18.3 Å². The Hall–Kier alpha value is -16.8. The van der Waals surface area contributed by atoms with Crippen LogP contribution in [0.25, 0.3) is 232 Å². The lowest BCUT2D eigenvalue weighted by Gasteiger charge is -2.32. The van der Waals surface area contributed by atoms with E-state index >= 15 is 0 Å². The molecule has 25 rings (SSSR count). The molecule has 14 heteroatoms. The van der Waals surface area contributed by atoms with Crippen LogP contribution in [0.2, 0.25) is 0 Å². The lowest BCUT2D eigenvalue weighted by molar-refractivity contribution is 0.00578. The zero-order valence-electron chi connectivity index (χ0n) is 79.4. The molecule has 1 saturated heterocycles. The van der Waals surface area contributed by atoms with Gasteiger partial charge in [0.25, 0.3) is 0 Å². The molecule has 0 amide bonds. The largest absolute Gasteiger partial charge is 0.496 e. The van der Waals surface area contributed by atoms with Gasteiger partial charge in [-0.05, 0) is 138 Å². The highest BCUT2D eigenvalue weighted by atomic mass is 79.9. The van der Waals surface area contributed by atoms with Crippen LogP contribution in [0, 0.1) is 0 Å². The van der Waals surface area contributed by atoms with Crippen LogP contribution in [0.1, 0.15) is 27.7 Å². The summed E-state index contributed by atoms with van der Waals surface area (Å²) in [6.45, 7) is 8.46. The Kier molecular flexibility index (Phi) is 25.3. The standard InChI is InChI=1S/C62H40N4S.C46H37BN2O2S.C22H15BrN2/c1-5-16-41(17-6-1)49-24-15-25-50(38-49)62-65-55(44-20-9-3-10-21-44)40-57(66-62)45-30-28-42(29-31-45)51-36-37-53-52-26-13-14-27-58(52)67-60(53)59(51)47-34-32-46(33-35-47)56-39-54(43-18-7-2-8-19-43)63-61(64-56)48-22-11-4-12-23-48;1-45(2)46(3,4)51-47(50-45)42-36(26-27-38-37-20-11-12-21-41(37)52-43(38)42)31-22-24-33(25-23-31)40-29-39(32-16-9-6-10-17-32)48-44(49-40)35-19-13-18-34(28-35)30-14-7-5-8-15-30;23-19-13-11-17(12-14-19)21-15-20(16-7-3-1-4-8-16)24-22(25-21)18-9-5-2-6-10-18/h1-40H;5-29H,1-4H3;1-15H. The molecule has 0 unspecified atom stereocenters. The Morgan fingerprint density at radius 2 is 0.451 bits per heavy atom. The number of benzene rings is 18. The highest BCUT2D eigenvalue weighted by Gasteiger charge is 2.53. The van der Waals surface area contributed by atoms with Crippen LogP contribution in [0.4, 0.5) is 0 Å². The number of rotatable bonds is 18. The zero-order chi connectivity index (χ0) is 97.0. The van der Waals surface area contributed by atoms with Crippen LogP contribution in [0.5, 0.6) is 0 Å². The average molecular weight is 1950 g/mol. The first-order chi connectivity index (χ1) is 70.7. The third kappa shape index (κ3) is 19.1. The van der Waals surface area contributed by atoms with Crippen molar-refractivity contribution in [3.8, 4) is 191 Å². The van der Waals surface area contributed by atoms with Crippen molar-refractivity contribution in [3.05, 3.63) is 490 Å². The smallest absolute Gasteiger partial charge is 0.399 e. The van der Waals surface area contributed by atoms with Crippen LogP contribution in [-0.2, 0) is 9.31 Å². The van der Waals surface area contributed by atoms with E-state index in [0.29, 0.717) is 17.5 Å². The molecule has 24 aromatic rings. The quantitative estimate of drug-likeness (QED) is 0.0768. The van der Waals surface area contributed by atoms with Crippen molar-refractivity contribution >= 4 is 91.5 Å². The summed E-state index contributed by atoms with van der Waals surface area (Å²) < 4.78 is 19.5. The molecule has 0 N–H and O–H groups in total. The SMILES string of the molecule is Brc1ccc(-c2cc(-c3ccccc3)nc(-c3ccccc3)n2)cc1.CC1(C)OB(c2c(-c3ccc(-c4cc(-c5ccccc5)nc(-c5cccc(-c6ccccc6)c5)n4)cc3)ccc3c2sc2ccccc23)OC1(C)C.c1ccc(-c2cccc(-c3nc(-c4ccccc4)cc(-c4ccc(-c5ccc6c(sc7ccccc76)c5-c5ccc(-c6cc(-c7ccccc7)nc(-c7ccccc7)n6)cc5)cc4)n3)c2)cc1. The van der Waals surface area contributed by atoms with Crippen LogP contribution in [-0.4, -0.2) is 58.2 Å². The Morgan fingerprint density at radius 1 is 0.201 bits per heavy atom. The first kappa shape index (κ1) is 91.0. The number of hydrogen-bond donors (Lipinski definition) is 0. The summed E-state index contributed by atoms with van der Waals surface area (Å²) in [7, 11) is -0.499. The van der Waals surface area contributed by atoms with Crippen LogP contribution in [0.15, 0.2) is 490 Å². The molecular formula is C130H92BBrN8O2S2. The van der Waals surface area contributed by atoms with Gasteiger partial charge >= 0.3 is 7.12 Å². The number of halogens is 1. The molecular weight excluding hydrogens is 1860 g/mol. The zero-order valence-corrected chi connectivity index (χ0v) is 82.6. The molecule has 18 aromatic carbocycles. The maximum atomic E-state index is 6.72. The van der Waals surface area contributed by atoms with Crippen molar-refractivity contribution in [2.45, 2.75) is 38.9 Å². The first-order valence-electron chi connectivity index (χ1n) is 48.3. The molecule has 1 aliphatic rings. The van der Waals surface area contributed by atoms with Crippen molar-refractivity contribution in [1.29, 1.82) is 0 Å². The fourth-order valence-electron chi connectivity index (χ4n) is 18.7. The summed E-state index contributed by atoms with van der Waals surface area (Å²) in [5, 5.41) is 5.01. The number of nitrogens with zero attached hydrogens (tertiary/aromatic N) is 8. The van der Waals surface area contributed by atoms with E-state index in [0.717, 1.165) is 173 Å². The molecule has 0 spiro atoms. The van der Waals surface area contributed by atoms with E-state index in [4.69, 9.17) is 49.2 Å². The fourth-order valence-corrected chi connectivity index (χ4v) is 21.5. The van der Waals surface area contributed by atoms with Gasteiger partial charge in [-0.2, -0.15) is 0 Å². The van der Waals surface area contributed by atoms with Gasteiger partial charge in [0, 0.05) is 123 Å². The minimum absolute atomic E-state index is 0.459. The van der Waals surface area contributed by atoms with Crippen molar-refractivity contribution in [2.24, 2.45) is 0 Å². The third-order valence-corrected chi connectivity index (χ3v) is 29.9. The monoisotopic (exact) mass is 1950 g/mol. The molecule has 0 bridgehead atoms. The topological polar surface area (TPSA) is 122 Å². The Morgan fingerprint density at radius 3 is 0.806 bits per heavy atom. The molecule has 0 aliphatic carbocycles. The predicted octanol–water partition coefficient (Wildman–Crippen LogP) is 34.4. The summed E-state index contributed by atoms with van der Waals surface area (Å²) in [5.41, 5.74) is 31.0. The second-order valence-corrected chi connectivity index (χ2v) is 39.7. The van der Waals surface area contributed by atoms with Gasteiger partial charge in [0.15, 0.2) is 23.3 Å².